The summed E-state index contributed by atoms with van der Waals surface area (Å²) < 4.78 is 1.44. The third-order valence-electron chi connectivity index (χ3n) is 26.9. The number of aromatic amines is 2. The lowest BCUT2D eigenvalue weighted by atomic mass is 9.99. The van der Waals surface area contributed by atoms with E-state index in [2.05, 4.69) is 68.1 Å². The van der Waals surface area contributed by atoms with Gasteiger partial charge in [-0.05, 0) is 118 Å². The lowest BCUT2D eigenvalue weighted by molar-refractivity contribution is -0.149. The zero-order valence-electron chi connectivity index (χ0n) is 85.2. The molecular formula is C102H145N21O24S. The van der Waals surface area contributed by atoms with Gasteiger partial charge in [-0.25, -0.2) is 4.98 Å². The number of para-hydroxylation sites is 2. The number of nitrogens with one attached hydrogen (secondary N) is 12. The molecule has 15 atom stereocenters. The van der Waals surface area contributed by atoms with Crippen molar-refractivity contribution in [1.29, 1.82) is 0 Å². The number of hydrogen-bond acceptors (Lipinski definition) is 24. The Balaban J connectivity index is 1.12. The van der Waals surface area contributed by atoms with E-state index in [1.54, 1.807) is 68.6 Å². The molecule has 3 aromatic heterocycles. The normalized spacial score (nSPS) is 23.6. The number of rotatable bonds is 37. The van der Waals surface area contributed by atoms with Crippen molar-refractivity contribution in [2.24, 2.45) is 17.4 Å². The number of aliphatic carboxylic acids is 3. The molecule has 0 radical (unpaired) electrons. The Morgan fingerprint density at radius 3 is 1.73 bits per heavy atom. The van der Waals surface area contributed by atoms with Crippen LogP contribution in [0.5, 0.6) is 5.75 Å². The number of aromatic hydroxyl groups is 1. The number of nitrogens with zero attached hydrogens (tertiary/aromatic N) is 7. The number of benzene rings is 3. The minimum atomic E-state index is -1.86. The van der Waals surface area contributed by atoms with E-state index in [1.165, 1.54) is 80.5 Å². The van der Waals surface area contributed by atoms with E-state index < -0.39 is 260 Å². The molecule has 9 rings (SSSR count). The maximum atomic E-state index is 16.1. The smallest absolute Gasteiger partial charge is 0.323 e. The molecule has 46 heteroatoms. The SMILES string of the molecule is CCCC[C@H]1C(=O)N(C)[C@@H](CCCC)C(=O)N[C@@H](CC(C)C)C(=O)N[C@H](C(=O)NCCCCCCCCCCC(=O)O)CSCC(=O)N[C@@H](Cc2ccc(O)cc2)C(=O)N(C)[C@@H](C)C(=O)N[C@@H](CC(N)=O)C(=O)N2CCC[C@H]2C(=O)N[C@@H](Cc2cnc[nH]2)C(=O)N[C@@H](CCC(=O)O)C(=O)N2C[C@H](O)C[C@H]2C(=O)N[C@@H](Cc2c[nH]c3ccccc23)C(=O)N[C@@H](CCN)C(=O)N[C@@H](Cc2cn(CC(=O)O)c3ccccc23)C(=O)N1C. The Morgan fingerprint density at radius 2 is 1.09 bits per heavy atom. The van der Waals surface area contributed by atoms with Crippen molar-refractivity contribution < 1.29 is 117 Å². The number of carbonyl (C=O) groups is 19. The van der Waals surface area contributed by atoms with Gasteiger partial charge in [0.15, 0.2) is 0 Å². The Morgan fingerprint density at radius 1 is 0.527 bits per heavy atom. The van der Waals surface area contributed by atoms with Gasteiger partial charge in [0, 0.05) is 138 Å². The van der Waals surface area contributed by atoms with E-state index in [0.717, 1.165) is 63.5 Å². The summed E-state index contributed by atoms with van der Waals surface area (Å²) in [6.07, 6.45) is 7.23. The van der Waals surface area contributed by atoms with Crippen molar-refractivity contribution in [1.82, 2.24) is 97.2 Å². The molecule has 21 N–H and O–H groups in total. The molecule has 3 fully saturated rings. The number of H-pyrrole nitrogens is 2. The van der Waals surface area contributed by atoms with Crippen LogP contribution >= 0.6 is 11.8 Å². The summed E-state index contributed by atoms with van der Waals surface area (Å²) in [6, 6.07) is -2.93. The molecule has 148 heavy (non-hydrogen) atoms. The van der Waals surface area contributed by atoms with Gasteiger partial charge in [-0.1, -0.05) is 140 Å². The number of carboxylic acid groups (broad SMARTS) is 3. The summed E-state index contributed by atoms with van der Waals surface area (Å²) >= 11 is 0.880. The van der Waals surface area contributed by atoms with E-state index in [4.69, 9.17) is 16.6 Å². The van der Waals surface area contributed by atoms with Gasteiger partial charge in [-0.2, -0.15) is 0 Å². The third-order valence-corrected chi connectivity index (χ3v) is 28.0. The van der Waals surface area contributed by atoms with Crippen LogP contribution < -0.4 is 64.6 Å². The number of aliphatic hydroxyl groups is 1. The second-order valence-electron chi connectivity index (χ2n) is 38.7. The first-order chi connectivity index (χ1) is 70.6. The number of likely N-dealkylation sites (N-methyl/N-ethyl adjacent to an activating group) is 3. The van der Waals surface area contributed by atoms with Crippen LogP contribution in [0.15, 0.2) is 97.7 Å². The largest absolute Gasteiger partial charge is 0.508 e. The zero-order valence-corrected chi connectivity index (χ0v) is 86.0. The maximum Gasteiger partial charge on any atom is 0.323 e. The molecule has 6 heterocycles. The molecule has 3 aliphatic heterocycles. The van der Waals surface area contributed by atoms with Crippen molar-refractivity contribution >= 4 is 146 Å². The van der Waals surface area contributed by atoms with Crippen molar-refractivity contribution in [2.45, 2.75) is 305 Å². The van der Waals surface area contributed by atoms with Gasteiger partial charge in [0.1, 0.15) is 96.9 Å². The number of hydrogen-bond donors (Lipinski definition) is 19. The van der Waals surface area contributed by atoms with E-state index in [0.29, 0.717) is 83.4 Å². The molecule has 6 aromatic rings. The number of phenols is 1. The minimum Gasteiger partial charge on any atom is -0.508 e. The summed E-state index contributed by atoms with van der Waals surface area (Å²) in [5.41, 5.74) is 14.5. The highest BCUT2D eigenvalue weighted by atomic mass is 32.2. The highest BCUT2D eigenvalue weighted by Crippen LogP contribution is 2.30. The number of primary amides is 1. The number of unbranched alkanes of at least 4 members (excludes halogenated alkanes) is 9. The molecule has 0 saturated carbocycles. The highest BCUT2D eigenvalue weighted by molar-refractivity contribution is 8.00. The second kappa shape index (κ2) is 57.9. The molecule has 0 spiro atoms. The number of carboxylic acids is 3. The summed E-state index contributed by atoms with van der Waals surface area (Å²) in [5, 5.41) is 79.7. The first-order valence-corrected chi connectivity index (χ1v) is 51.9. The molecule has 0 bridgehead atoms. The monoisotopic (exact) mass is 2080 g/mol. The summed E-state index contributed by atoms with van der Waals surface area (Å²) in [6.45, 7) is 7.09. The van der Waals surface area contributed by atoms with Gasteiger partial charge in [-0.15, -0.1) is 11.8 Å². The molecule has 3 saturated heterocycles. The van der Waals surface area contributed by atoms with Gasteiger partial charge >= 0.3 is 17.9 Å². The molecule has 45 nitrogen and oxygen atoms in total. The number of amides is 16. The lowest BCUT2D eigenvalue weighted by Crippen LogP contribution is -2.61. The molecule has 16 amide bonds. The van der Waals surface area contributed by atoms with Gasteiger partial charge in [0.2, 0.25) is 94.5 Å². The molecule has 0 aliphatic carbocycles. The van der Waals surface area contributed by atoms with Crippen LogP contribution in [-0.2, 0) is 123 Å². The number of aromatic nitrogens is 4. The van der Waals surface area contributed by atoms with Crippen molar-refractivity contribution in [2.75, 3.05) is 58.8 Å². The Kier molecular flexibility index (Phi) is 46.0. The molecular weight excluding hydrogens is 1940 g/mol. The van der Waals surface area contributed by atoms with Crippen LogP contribution in [0.1, 0.15) is 205 Å². The maximum absolute atomic E-state index is 16.1. The predicted molar refractivity (Wildman–Crippen MR) is 545 cm³/mol. The van der Waals surface area contributed by atoms with E-state index in [1.807, 2.05) is 13.8 Å². The zero-order chi connectivity index (χ0) is 108. The lowest BCUT2D eigenvalue weighted by Gasteiger charge is -2.36. The average molecular weight is 2080 g/mol. The summed E-state index contributed by atoms with van der Waals surface area (Å²) in [5.74, 6) is -19.8. The molecule has 808 valence electrons. The van der Waals surface area contributed by atoms with Crippen LogP contribution in [0.25, 0.3) is 21.8 Å². The third kappa shape index (κ3) is 34.5. The van der Waals surface area contributed by atoms with Crippen LogP contribution in [0.3, 0.4) is 0 Å². The number of fused-ring (bicyclic) bond motifs is 4. The molecule has 3 aromatic carbocycles. The Bertz CT molecular complexity index is 5600. The van der Waals surface area contributed by atoms with Crippen LogP contribution in [-0.4, -0.2) is 331 Å². The number of phenolic OH excluding ortho intramolecular Hbond substituents is 1. The number of thioether (sulfide) groups is 1. The van der Waals surface area contributed by atoms with Gasteiger partial charge in [0.05, 0.1) is 24.6 Å². The fourth-order valence-corrected chi connectivity index (χ4v) is 19.6. The van der Waals surface area contributed by atoms with E-state index >= 15 is 52.7 Å². The summed E-state index contributed by atoms with van der Waals surface area (Å²) in [4.78, 5) is 293. The fraction of sp³-hybridized carbons (Fsp3) is 0.569. The molecule has 0 unspecified atom stereocenters. The summed E-state index contributed by atoms with van der Waals surface area (Å²) in [7, 11) is 3.95. The first kappa shape index (κ1) is 118. The highest BCUT2D eigenvalue weighted by Gasteiger charge is 2.47. The van der Waals surface area contributed by atoms with Crippen LogP contribution in [0.4, 0.5) is 0 Å². The van der Waals surface area contributed by atoms with Gasteiger partial charge in [-0.3, -0.25) is 91.1 Å². The van der Waals surface area contributed by atoms with Crippen molar-refractivity contribution in [3.63, 3.8) is 0 Å². The second-order valence-corrected chi connectivity index (χ2v) is 39.8. The Hall–Kier alpha value is -14.1. The van der Waals surface area contributed by atoms with Crippen molar-refractivity contribution in [3.8, 4) is 5.75 Å². The van der Waals surface area contributed by atoms with Crippen LogP contribution in [0.2, 0.25) is 0 Å². The predicted octanol–water partition coefficient (Wildman–Crippen LogP) is 1.70. The average Bonchev–Trinajstić information content (AvgIpc) is 1.64. The quantitative estimate of drug-likeness (QED) is 0.0247. The standard InChI is InChI=1S/C102H145N21O24S/c1-9-11-29-80-95(140)112-72(44-59(3)4)92(137)117-78(90(135)106-42-24-18-16-14-13-15-17-19-33-86(128)129)56-148-57-85(127)109-75(45-61-34-36-65(124)37-35-61)98(143)118(6)60(5)89(134)115-77(50-84(104)126)101(146)122-43-25-32-81(122)96(141)114-74(48-64-52-105-58-108-64)94(139)111-71(38-39-87(130)131)100(145)123-54-66(125)49-83(123)97(142)113-73(46-62-51-107-69-28-22-20-26-67(62)69)93(138)110-70(40-41-103)91(136)116-76(99(144)120(8)82(30-12-10-2)102(147)119(80)7)47-63-53-121(55-88(132)133)79-31-23-21-27-68(63)79/h20-23,26-28,31,34-37,51-53,58-60,66,70-78,80-83,107,124-125H,9-19,24-25,29-30,32-33,38-50,54-57,103H2,1-8H3,(H2,104,126)(H,105,108)(H,106,135)(H,109,127)(H,110,138)(H,111,139)(H,112,140)(H,113,142)(H,114,141)(H,115,134)(H,116,136)(H,117,137)(H,128,129)(H,130,131)(H,132,133)/t60-,66+,70-,71-,72-,73-,74-,75-,76-,77-,78-,80-,81-,82-,83-/m0/s1. The van der Waals surface area contributed by atoms with E-state index in [9.17, 15) is 58.8 Å². The number of aliphatic hydroxyl groups excluding tert-OH is 1. The number of nitrogens with two attached hydrogens (primary N) is 2. The first-order valence-electron chi connectivity index (χ1n) is 50.8. The van der Waals surface area contributed by atoms with E-state index in [-0.39, 0.29) is 101 Å². The number of carbonyl (C=O) groups excluding carboxylic acids is 16. The van der Waals surface area contributed by atoms with Crippen molar-refractivity contribution in [3.05, 3.63) is 120 Å². The topological polar surface area (TPSA) is 663 Å². The fourth-order valence-electron chi connectivity index (χ4n) is 18.7. The van der Waals surface area contributed by atoms with Gasteiger partial charge < -0.3 is 129 Å². The molecule has 3 aliphatic rings. The minimum absolute atomic E-state index is 0.0126. The van der Waals surface area contributed by atoms with Gasteiger partial charge in [0.25, 0.3) is 0 Å². The Labute approximate surface area is 862 Å². The van der Waals surface area contributed by atoms with Crippen LogP contribution in [0, 0.1) is 5.92 Å². The number of imidazole rings is 1.